The summed E-state index contributed by atoms with van der Waals surface area (Å²) >= 11 is 0. The minimum absolute atomic E-state index is 0.0665. The standard InChI is InChI=1S/C17H25N3O2/c1-18-7-5-6-15(18)16(21)20-12-17(13-20)10-14(11-22-17)19-8-3-2-4-9-19/h5-7,14H,2-4,8-13H2,1H3. The van der Waals surface area contributed by atoms with Gasteiger partial charge in [-0.1, -0.05) is 6.42 Å². The highest BCUT2D eigenvalue weighted by Gasteiger charge is 2.52. The van der Waals surface area contributed by atoms with Crippen molar-refractivity contribution in [1.82, 2.24) is 14.4 Å². The lowest BCUT2D eigenvalue weighted by Crippen LogP contribution is -2.63. The van der Waals surface area contributed by atoms with Gasteiger partial charge >= 0.3 is 0 Å². The van der Waals surface area contributed by atoms with Crippen LogP contribution in [0.25, 0.3) is 0 Å². The highest BCUT2D eigenvalue weighted by atomic mass is 16.5. The molecule has 5 nitrogen and oxygen atoms in total. The maximum Gasteiger partial charge on any atom is 0.270 e. The van der Waals surface area contributed by atoms with E-state index in [0.29, 0.717) is 6.04 Å². The lowest BCUT2D eigenvalue weighted by Gasteiger charge is -2.47. The lowest BCUT2D eigenvalue weighted by molar-refractivity contribution is -0.0953. The Morgan fingerprint density at radius 3 is 2.73 bits per heavy atom. The van der Waals surface area contributed by atoms with Gasteiger partial charge in [0.25, 0.3) is 5.91 Å². The van der Waals surface area contributed by atoms with Gasteiger partial charge in [0.2, 0.25) is 0 Å². The van der Waals surface area contributed by atoms with E-state index >= 15 is 0 Å². The van der Waals surface area contributed by atoms with E-state index in [1.165, 1.54) is 32.4 Å². The molecule has 0 saturated carbocycles. The van der Waals surface area contributed by atoms with E-state index in [2.05, 4.69) is 4.90 Å². The Labute approximate surface area is 131 Å². The predicted octanol–water partition coefficient (Wildman–Crippen LogP) is 1.49. The monoisotopic (exact) mass is 303 g/mol. The van der Waals surface area contributed by atoms with E-state index in [1.54, 1.807) is 0 Å². The first-order chi connectivity index (χ1) is 10.7. The van der Waals surface area contributed by atoms with Crippen LogP contribution in [0.2, 0.25) is 0 Å². The molecule has 4 rings (SSSR count). The third kappa shape index (κ3) is 2.36. The maximum absolute atomic E-state index is 12.5. The van der Waals surface area contributed by atoms with Crippen molar-refractivity contribution >= 4 is 5.91 Å². The number of hydrogen-bond donors (Lipinski definition) is 0. The third-order valence-electron chi connectivity index (χ3n) is 5.50. The number of hydrogen-bond acceptors (Lipinski definition) is 3. The van der Waals surface area contributed by atoms with Gasteiger partial charge in [0.05, 0.1) is 19.7 Å². The first-order valence-corrected chi connectivity index (χ1v) is 8.46. The van der Waals surface area contributed by atoms with Crippen LogP contribution in [0.3, 0.4) is 0 Å². The van der Waals surface area contributed by atoms with Gasteiger partial charge in [0.15, 0.2) is 0 Å². The van der Waals surface area contributed by atoms with Crippen LogP contribution in [-0.4, -0.2) is 64.7 Å². The molecule has 0 N–H and O–H groups in total. The van der Waals surface area contributed by atoms with E-state index in [1.807, 2.05) is 34.8 Å². The second-order valence-electron chi connectivity index (χ2n) is 7.11. The Bertz CT molecular complexity index is 556. The van der Waals surface area contributed by atoms with Crippen LogP contribution in [0, 0.1) is 0 Å². The molecule has 0 radical (unpaired) electrons. The van der Waals surface area contributed by atoms with Gasteiger partial charge in [-0.05, 0) is 44.5 Å². The van der Waals surface area contributed by atoms with Gasteiger partial charge in [-0.3, -0.25) is 9.69 Å². The quantitative estimate of drug-likeness (QED) is 0.831. The van der Waals surface area contributed by atoms with Crippen molar-refractivity contribution in [3.05, 3.63) is 24.0 Å². The summed E-state index contributed by atoms with van der Waals surface area (Å²) in [7, 11) is 1.92. The molecule has 3 fully saturated rings. The number of ether oxygens (including phenoxy) is 1. The molecule has 1 unspecified atom stereocenters. The number of nitrogens with zero attached hydrogens (tertiary/aromatic N) is 3. The van der Waals surface area contributed by atoms with Crippen molar-refractivity contribution < 1.29 is 9.53 Å². The second-order valence-corrected chi connectivity index (χ2v) is 7.11. The molecule has 0 bridgehead atoms. The van der Waals surface area contributed by atoms with E-state index < -0.39 is 0 Å². The van der Waals surface area contributed by atoms with Crippen molar-refractivity contribution in [2.45, 2.75) is 37.3 Å². The molecular weight excluding hydrogens is 278 g/mol. The van der Waals surface area contributed by atoms with Gasteiger partial charge in [-0.2, -0.15) is 0 Å². The van der Waals surface area contributed by atoms with Crippen molar-refractivity contribution in [2.75, 3.05) is 32.8 Å². The summed E-state index contributed by atoms with van der Waals surface area (Å²) in [4.78, 5) is 17.0. The first kappa shape index (κ1) is 14.3. The molecule has 1 amide bonds. The number of likely N-dealkylation sites (tertiary alicyclic amines) is 2. The highest BCUT2D eigenvalue weighted by molar-refractivity contribution is 5.93. The molecular formula is C17H25N3O2. The highest BCUT2D eigenvalue weighted by Crippen LogP contribution is 2.38. The Balaban J connectivity index is 1.35. The van der Waals surface area contributed by atoms with Crippen molar-refractivity contribution in [2.24, 2.45) is 7.05 Å². The van der Waals surface area contributed by atoms with Crippen LogP contribution >= 0.6 is 0 Å². The summed E-state index contributed by atoms with van der Waals surface area (Å²) in [5.74, 6) is 0.128. The average molecular weight is 303 g/mol. The van der Waals surface area contributed by atoms with Crippen LogP contribution < -0.4 is 0 Å². The van der Waals surface area contributed by atoms with Gasteiger partial charge in [-0.25, -0.2) is 0 Å². The molecule has 1 aromatic heterocycles. The van der Waals surface area contributed by atoms with Crippen molar-refractivity contribution in [3.8, 4) is 0 Å². The van der Waals surface area contributed by atoms with Crippen LogP contribution in [0.15, 0.2) is 18.3 Å². The number of rotatable bonds is 2. The first-order valence-electron chi connectivity index (χ1n) is 8.46. The number of carbonyl (C=O) groups excluding carboxylic acids is 1. The van der Waals surface area contributed by atoms with E-state index in [4.69, 9.17) is 4.74 Å². The molecule has 0 aliphatic carbocycles. The van der Waals surface area contributed by atoms with E-state index in [0.717, 1.165) is 31.8 Å². The van der Waals surface area contributed by atoms with Crippen LogP contribution in [0.1, 0.15) is 36.2 Å². The molecule has 1 atom stereocenters. The normalized spacial score (nSPS) is 28.0. The zero-order valence-electron chi connectivity index (χ0n) is 13.3. The van der Waals surface area contributed by atoms with Crippen LogP contribution in [-0.2, 0) is 11.8 Å². The summed E-state index contributed by atoms with van der Waals surface area (Å²) in [6.45, 7) is 4.78. The number of aryl methyl sites for hydroxylation is 1. The van der Waals surface area contributed by atoms with Gasteiger partial charge in [-0.15, -0.1) is 0 Å². The Morgan fingerprint density at radius 2 is 2.05 bits per heavy atom. The molecule has 1 aromatic rings. The van der Waals surface area contributed by atoms with Gasteiger partial charge in [0.1, 0.15) is 11.3 Å². The van der Waals surface area contributed by atoms with Gasteiger partial charge in [0, 0.05) is 19.3 Å². The smallest absolute Gasteiger partial charge is 0.270 e. The topological polar surface area (TPSA) is 37.7 Å². The van der Waals surface area contributed by atoms with Crippen LogP contribution in [0.5, 0.6) is 0 Å². The number of amides is 1. The lowest BCUT2D eigenvalue weighted by atomic mass is 9.88. The number of aromatic nitrogens is 1. The molecule has 3 aliphatic heterocycles. The Morgan fingerprint density at radius 1 is 1.27 bits per heavy atom. The molecule has 1 spiro atoms. The summed E-state index contributed by atoms with van der Waals surface area (Å²) < 4.78 is 8.02. The SMILES string of the molecule is Cn1cccc1C(=O)N1CC2(CC(N3CCCCC3)CO2)C1. The minimum Gasteiger partial charge on any atom is -0.370 e. The van der Waals surface area contributed by atoms with Gasteiger partial charge < -0.3 is 14.2 Å². The van der Waals surface area contributed by atoms with Crippen molar-refractivity contribution in [3.63, 3.8) is 0 Å². The van der Waals surface area contributed by atoms with E-state index in [-0.39, 0.29) is 11.5 Å². The van der Waals surface area contributed by atoms with Crippen LogP contribution in [0.4, 0.5) is 0 Å². The zero-order chi connectivity index (χ0) is 15.2. The largest absolute Gasteiger partial charge is 0.370 e. The molecule has 3 aliphatic rings. The summed E-state index contributed by atoms with van der Waals surface area (Å²) in [5.41, 5.74) is 0.698. The second kappa shape index (κ2) is 5.39. The fourth-order valence-corrected chi connectivity index (χ4v) is 4.20. The molecule has 22 heavy (non-hydrogen) atoms. The van der Waals surface area contributed by atoms with Crippen molar-refractivity contribution in [1.29, 1.82) is 0 Å². The number of piperidine rings is 1. The fraction of sp³-hybridized carbons (Fsp3) is 0.706. The fourth-order valence-electron chi connectivity index (χ4n) is 4.20. The maximum atomic E-state index is 12.5. The summed E-state index contributed by atoms with van der Waals surface area (Å²) in [5, 5.41) is 0. The zero-order valence-corrected chi connectivity index (χ0v) is 13.3. The molecule has 5 heteroatoms. The molecule has 4 heterocycles. The number of carbonyl (C=O) groups is 1. The Hall–Kier alpha value is -1.33. The van der Waals surface area contributed by atoms with E-state index in [9.17, 15) is 4.79 Å². The minimum atomic E-state index is -0.0665. The molecule has 120 valence electrons. The third-order valence-corrected chi connectivity index (χ3v) is 5.50. The summed E-state index contributed by atoms with van der Waals surface area (Å²) in [6.07, 6.45) is 7.02. The average Bonchev–Trinajstić information content (AvgIpc) is 3.12. The Kier molecular flexibility index (Phi) is 3.50. The summed E-state index contributed by atoms with van der Waals surface area (Å²) in [6, 6.07) is 4.37. The molecule has 0 aromatic carbocycles. The predicted molar refractivity (Wildman–Crippen MR) is 83.8 cm³/mol. The molecule has 3 saturated heterocycles.